The first-order valence-corrected chi connectivity index (χ1v) is 4.92. The van der Waals surface area contributed by atoms with Crippen LogP contribution in [-0.2, 0) is 4.74 Å². The van der Waals surface area contributed by atoms with E-state index in [1.165, 1.54) is 0 Å². The molecule has 13 heavy (non-hydrogen) atoms. The molecule has 1 saturated heterocycles. The van der Waals surface area contributed by atoms with Crippen molar-refractivity contribution in [1.82, 2.24) is 5.32 Å². The largest absolute Gasteiger partial charge is 0.377 e. The van der Waals surface area contributed by atoms with Crippen molar-refractivity contribution in [3.63, 3.8) is 0 Å². The summed E-state index contributed by atoms with van der Waals surface area (Å²) in [5.41, 5.74) is 0.120. The molecule has 74 valence electrons. The van der Waals surface area contributed by atoms with E-state index in [-0.39, 0.29) is 11.6 Å². The first-order chi connectivity index (χ1) is 6.19. The maximum Gasteiger partial charge on any atom is 0.0726 e. The smallest absolute Gasteiger partial charge is 0.0726 e. The van der Waals surface area contributed by atoms with Gasteiger partial charge in [-0.2, -0.15) is 5.26 Å². The SMILES string of the molecule is CC1OCCC1(C)NCCCC#N. The lowest BCUT2D eigenvalue weighted by molar-refractivity contribution is 0.0888. The van der Waals surface area contributed by atoms with Gasteiger partial charge in [-0.05, 0) is 33.2 Å². The number of rotatable bonds is 4. The molecule has 1 aliphatic heterocycles. The topological polar surface area (TPSA) is 45.0 Å². The van der Waals surface area contributed by atoms with Crippen LogP contribution in [0.1, 0.15) is 33.1 Å². The molecule has 2 unspecified atom stereocenters. The molecule has 0 aromatic carbocycles. The second kappa shape index (κ2) is 4.59. The Kier molecular flexibility index (Phi) is 3.71. The third-order valence-electron chi connectivity index (χ3n) is 2.88. The van der Waals surface area contributed by atoms with E-state index in [4.69, 9.17) is 10.00 Å². The summed E-state index contributed by atoms with van der Waals surface area (Å²) in [5.74, 6) is 0. The van der Waals surface area contributed by atoms with Gasteiger partial charge in [0.1, 0.15) is 0 Å². The fourth-order valence-electron chi connectivity index (χ4n) is 1.61. The van der Waals surface area contributed by atoms with Crippen LogP contribution in [0.25, 0.3) is 0 Å². The van der Waals surface area contributed by atoms with Gasteiger partial charge in [0, 0.05) is 18.6 Å². The summed E-state index contributed by atoms with van der Waals surface area (Å²) in [7, 11) is 0. The fraction of sp³-hybridized carbons (Fsp3) is 0.900. The van der Waals surface area contributed by atoms with Crippen LogP contribution in [0.3, 0.4) is 0 Å². The first-order valence-electron chi connectivity index (χ1n) is 4.92. The minimum Gasteiger partial charge on any atom is -0.377 e. The number of ether oxygens (including phenoxy) is 1. The van der Waals surface area contributed by atoms with Crippen molar-refractivity contribution >= 4 is 0 Å². The highest BCUT2D eigenvalue weighted by molar-refractivity contribution is 4.93. The van der Waals surface area contributed by atoms with Crippen molar-refractivity contribution < 1.29 is 4.74 Å². The van der Waals surface area contributed by atoms with Crippen LogP contribution in [0.15, 0.2) is 0 Å². The van der Waals surface area contributed by atoms with Gasteiger partial charge in [0.15, 0.2) is 0 Å². The third-order valence-corrected chi connectivity index (χ3v) is 2.88. The molecule has 1 rings (SSSR count). The van der Waals surface area contributed by atoms with Crippen molar-refractivity contribution in [3.05, 3.63) is 0 Å². The Morgan fingerprint density at radius 3 is 3.00 bits per heavy atom. The van der Waals surface area contributed by atoms with Crippen molar-refractivity contribution in [2.24, 2.45) is 0 Å². The van der Waals surface area contributed by atoms with Crippen molar-refractivity contribution in [2.75, 3.05) is 13.2 Å². The van der Waals surface area contributed by atoms with E-state index in [1.54, 1.807) is 0 Å². The van der Waals surface area contributed by atoms with Crippen LogP contribution in [0.4, 0.5) is 0 Å². The van der Waals surface area contributed by atoms with E-state index in [9.17, 15) is 0 Å². The monoisotopic (exact) mass is 182 g/mol. The van der Waals surface area contributed by atoms with Crippen molar-refractivity contribution in [2.45, 2.75) is 44.8 Å². The Labute approximate surface area is 80.1 Å². The summed E-state index contributed by atoms with van der Waals surface area (Å²) in [4.78, 5) is 0. The summed E-state index contributed by atoms with van der Waals surface area (Å²) in [6, 6.07) is 2.15. The Morgan fingerprint density at radius 1 is 1.69 bits per heavy atom. The highest BCUT2D eigenvalue weighted by Crippen LogP contribution is 2.24. The molecule has 1 heterocycles. The molecule has 0 bridgehead atoms. The molecule has 0 saturated carbocycles. The highest BCUT2D eigenvalue weighted by Gasteiger charge is 2.35. The molecule has 2 atom stereocenters. The van der Waals surface area contributed by atoms with Gasteiger partial charge in [0.25, 0.3) is 0 Å². The van der Waals surface area contributed by atoms with Crippen molar-refractivity contribution in [1.29, 1.82) is 5.26 Å². The maximum absolute atomic E-state index is 8.37. The molecule has 1 aliphatic rings. The average molecular weight is 182 g/mol. The normalized spacial score (nSPS) is 33.2. The zero-order valence-corrected chi connectivity index (χ0v) is 8.47. The van der Waals surface area contributed by atoms with Gasteiger partial charge in [-0.15, -0.1) is 0 Å². The Bertz CT molecular complexity index is 200. The van der Waals surface area contributed by atoms with E-state index >= 15 is 0 Å². The van der Waals surface area contributed by atoms with Gasteiger partial charge in [-0.25, -0.2) is 0 Å². The van der Waals surface area contributed by atoms with Gasteiger partial charge >= 0.3 is 0 Å². The lowest BCUT2D eigenvalue weighted by atomic mass is 9.94. The van der Waals surface area contributed by atoms with Gasteiger partial charge in [-0.3, -0.25) is 0 Å². The van der Waals surface area contributed by atoms with E-state index in [0.29, 0.717) is 6.42 Å². The third kappa shape index (κ3) is 2.68. The number of nitrogens with one attached hydrogen (secondary N) is 1. The van der Waals surface area contributed by atoms with Crippen LogP contribution in [-0.4, -0.2) is 24.8 Å². The Balaban J connectivity index is 2.23. The predicted molar refractivity (Wildman–Crippen MR) is 51.3 cm³/mol. The predicted octanol–water partition coefficient (Wildman–Crippen LogP) is 1.45. The van der Waals surface area contributed by atoms with Gasteiger partial charge in [0.2, 0.25) is 0 Å². The molecule has 0 amide bonds. The molecule has 0 aromatic heterocycles. The zero-order chi connectivity index (χ0) is 9.73. The molecule has 0 aromatic rings. The van der Waals surface area contributed by atoms with E-state index in [1.807, 2.05) is 0 Å². The quantitative estimate of drug-likeness (QED) is 0.669. The maximum atomic E-state index is 8.37. The van der Waals surface area contributed by atoms with Crippen LogP contribution in [0, 0.1) is 11.3 Å². The first kappa shape index (κ1) is 10.5. The Hall–Kier alpha value is -0.590. The molecule has 0 aliphatic carbocycles. The zero-order valence-electron chi connectivity index (χ0n) is 8.47. The van der Waals surface area contributed by atoms with Gasteiger partial charge in [0.05, 0.1) is 12.2 Å². The van der Waals surface area contributed by atoms with E-state index in [0.717, 1.165) is 26.0 Å². The molecule has 1 fully saturated rings. The lowest BCUT2D eigenvalue weighted by Gasteiger charge is -2.28. The van der Waals surface area contributed by atoms with Gasteiger partial charge in [-0.1, -0.05) is 0 Å². The molecule has 1 N–H and O–H groups in total. The summed E-state index contributed by atoms with van der Waals surface area (Å²) in [6.45, 7) is 6.06. The van der Waals surface area contributed by atoms with Crippen LogP contribution >= 0.6 is 0 Å². The molecule has 0 radical (unpaired) electrons. The molecule has 0 spiro atoms. The molecule has 3 nitrogen and oxygen atoms in total. The number of hydrogen-bond acceptors (Lipinski definition) is 3. The standard InChI is InChI=1S/C10H18N2O/c1-9-10(2,5-8-13-9)12-7-4-3-6-11/h9,12H,3-5,7-8H2,1-2H3. The van der Waals surface area contributed by atoms with E-state index < -0.39 is 0 Å². The molecule has 3 heteroatoms. The fourth-order valence-corrected chi connectivity index (χ4v) is 1.61. The summed E-state index contributed by atoms with van der Waals surface area (Å²) in [5, 5.41) is 11.8. The van der Waals surface area contributed by atoms with E-state index in [2.05, 4.69) is 25.2 Å². The molecular weight excluding hydrogens is 164 g/mol. The second-order valence-electron chi connectivity index (χ2n) is 3.87. The van der Waals surface area contributed by atoms with Crippen LogP contribution < -0.4 is 5.32 Å². The second-order valence-corrected chi connectivity index (χ2v) is 3.87. The van der Waals surface area contributed by atoms with Gasteiger partial charge < -0.3 is 10.1 Å². The summed E-state index contributed by atoms with van der Waals surface area (Å²) in [6.07, 6.45) is 2.92. The average Bonchev–Trinajstić information content (AvgIpc) is 2.42. The number of nitrogens with zero attached hydrogens (tertiary/aromatic N) is 1. The van der Waals surface area contributed by atoms with Crippen LogP contribution in [0.5, 0.6) is 0 Å². The summed E-state index contributed by atoms with van der Waals surface area (Å²) < 4.78 is 5.50. The summed E-state index contributed by atoms with van der Waals surface area (Å²) >= 11 is 0. The number of unbranched alkanes of at least 4 members (excludes halogenated alkanes) is 1. The number of hydrogen-bond donors (Lipinski definition) is 1. The van der Waals surface area contributed by atoms with Crippen molar-refractivity contribution in [3.8, 4) is 6.07 Å². The minimum absolute atomic E-state index is 0.120. The van der Waals surface area contributed by atoms with Crippen LogP contribution in [0.2, 0.25) is 0 Å². The number of nitriles is 1. The lowest BCUT2D eigenvalue weighted by Crippen LogP contribution is -2.48. The minimum atomic E-state index is 0.120. The highest BCUT2D eigenvalue weighted by atomic mass is 16.5. The molecular formula is C10H18N2O. The Morgan fingerprint density at radius 2 is 2.46 bits per heavy atom.